The van der Waals surface area contributed by atoms with Crippen LogP contribution in [0, 0.1) is 6.92 Å². The fourth-order valence-corrected chi connectivity index (χ4v) is 1.80. The molecule has 0 atom stereocenters. The summed E-state index contributed by atoms with van der Waals surface area (Å²) in [5, 5.41) is 14.0. The lowest BCUT2D eigenvalue weighted by molar-refractivity contribution is -0.137. The molecule has 0 saturated heterocycles. The molecule has 1 aromatic rings. The van der Waals surface area contributed by atoms with Crippen LogP contribution in [0.5, 0.6) is 0 Å². The summed E-state index contributed by atoms with van der Waals surface area (Å²) < 4.78 is 0. The number of urea groups is 1. The maximum atomic E-state index is 11.5. The highest BCUT2D eigenvalue weighted by molar-refractivity contribution is 5.73. The maximum absolute atomic E-state index is 11.5. The quantitative estimate of drug-likeness (QED) is 0.609. The van der Waals surface area contributed by atoms with E-state index in [-0.39, 0.29) is 12.5 Å². The molecule has 21 heavy (non-hydrogen) atoms. The summed E-state index contributed by atoms with van der Waals surface area (Å²) in [6, 6.07) is 3.65. The van der Waals surface area contributed by atoms with Gasteiger partial charge in [-0.2, -0.15) is 0 Å². The van der Waals surface area contributed by atoms with Gasteiger partial charge in [-0.3, -0.25) is 9.78 Å². The molecule has 0 spiro atoms. The van der Waals surface area contributed by atoms with Gasteiger partial charge in [0.05, 0.1) is 0 Å². The number of nitrogens with zero attached hydrogens (tertiary/aromatic N) is 1. The topological polar surface area (TPSA) is 91.3 Å². The zero-order chi connectivity index (χ0) is 15.5. The van der Waals surface area contributed by atoms with Crippen LogP contribution in [0.25, 0.3) is 0 Å². The van der Waals surface area contributed by atoms with Crippen LogP contribution in [-0.4, -0.2) is 28.6 Å². The summed E-state index contributed by atoms with van der Waals surface area (Å²) in [4.78, 5) is 26.0. The first-order valence-electron chi connectivity index (χ1n) is 7.23. The van der Waals surface area contributed by atoms with E-state index < -0.39 is 5.97 Å². The summed E-state index contributed by atoms with van der Waals surface area (Å²) in [6.45, 7) is 2.98. The van der Waals surface area contributed by atoms with E-state index in [1.165, 1.54) is 0 Å². The molecule has 116 valence electrons. The summed E-state index contributed by atoms with van der Waals surface area (Å²) in [5.41, 5.74) is 1.91. The van der Waals surface area contributed by atoms with Crippen LogP contribution in [0.2, 0.25) is 0 Å². The lowest BCUT2D eigenvalue weighted by Gasteiger charge is -2.07. The van der Waals surface area contributed by atoms with E-state index in [2.05, 4.69) is 15.6 Å². The number of aliphatic carboxylic acids is 1. The summed E-state index contributed by atoms with van der Waals surface area (Å²) in [6.07, 6.45) is 5.33. The Morgan fingerprint density at radius 2 is 1.90 bits per heavy atom. The Labute approximate surface area is 125 Å². The first kappa shape index (κ1) is 16.9. The van der Waals surface area contributed by atoms with Gasteiger partial charge in [-0.25, -0.2) is 4.79 Å². The van der Waals surface area contributed by atoms with Gasteiger partial charge in [0.15, 0.2) is 0 Å². The van der Waals surface area contributed by atoms with Crippen LogP contribution in [0.1, 0.15) is 43.4 Å². The van der Waals surface area contributed by atoms with E-state index >= 15 is 0 Å². The number of unbranched alkanes of at least 4 members (excludes halogenated alkanes) is 3. The fraction of sp³-hybridized carbons (Fsp3) is 0.533. The maximum Gasteiger partial charge on any atom is 0.315 e. The highest BCUT2D eigenvalue weighted by Gasteiger charge is 2.00. The molecule has 1 heterocycles. The van der Waals surface area contributed by atoms with Crippen LogP contribution >= 0.6 is 0 Å². The van der Waals surface area contributed by atoms with Gasteiger partial charge >= 0.3 is 12.0 Å². The molecule has 0 radical (unpaired) electrons. The van der Waals surface area contributed by atoms with Crippen LogP contribution < -0.4 is 10.6 Å². The van der Waals surface area contributed by atoms with Crippen molar-refractivity contribution in [2.75, 3.05) is 6.54 Å². The minimum absolute atomic E-state index is 0.193. The molecule has 0 aliphatic heterocycles. The second-order valence-corrected chi connectivity index (χ2v) is 4.98. The third-order valence-electron chi connectivity index (χ3n) is 3.03. The number of aryl methyl sites for hydroxylation is 1. The molecule has 6 nitrogen and oxygen atoms in total. The predicted molar refractivity (Wildman–Crippen MR) is 79.9 cm³/mol. The molecule has 1 rings (SSSR count). The molecule has 1 aromatic heterocycles. The van der Waals surface area contributed by atoms with Gasteiger partial charge < -0.3 is 15.7 Å². The number of hydrogen-bond acceptors (Lipinski definition) is 3. The Bertz CT molecular complexity index is 446. The summed E-state index contributed by atoms with van der Waals surface area (Å²) >= 11 is 0. The van der Waals surface area contributed by atoms with Crippen LogP contribution in [-0.2, 0) is 11.3 Å². The van der Waals surface area contributed by atoms with Crippen molar-refractivity contribution in [1.82, 2.24) is 15.6 Å². The van der Waals surface area contributed by atoms with Gasteiger partial charge in [0.25, 0.3) is 0 Å². The largest absolute Gasteiger partial charge is 0.481 e. The number of carboxylic acids is 1. The molecular formula is C15H23N3O3. The number of carbonyl (C=O) groups is 2. The van der Waals surface area contributed by atoms with Crippen molar-refractivity contribution in [3.8, 4) is 0 Å². The first-order valence-corrected chi connectivity index (χ1v) is 7.23. The molecule has 0 unspecified atom stereocenters. The van der Waals surface area contributed by atoms with Crippen molar-refractivity contribution in [2.45, 2.75) is 45.6 Å². The average molecular weight is 293 g/mol. The molecular weight excluding hydrogens is 270 g/mol. The number of carbonyl (C=O) groups excluding carboxylic acids is 1. The van der Waals surface area contributed by atoms with Gasteiger partial charge in [-0.1, -0.05) is 18.9 Å². The summed E-state index contributed by atoms with van der Waals surface area (Å²) in [7, 11) is 0. The number of pyridine rings is 1. The van der Waals surface area contributed by atoms with Crippen LogP contribution in [0.15, 0.2) is 18.3 Å². The van der Waals surface area contributed by atoms with Crippen molar-refractivity contribution >= 4 is 12.0 Å². The van der Waals surface area contributed by atoms with Crippen molar-refractivity contribution in [3.63, 3.8) is 0 Å². The normalized spacial score (nSPS) is 10.1. The molecule has 2 amide bonds. The Morgan fingerprint density at radius 1 is 1.14 bits per heavy atom. The standard InChI is InChI=1S/C15H23N3O3/c1-12-7-8-13(10-17-12)11-18-15(21)16-9-5-3-2-4-6-14(19)20/h7-8,10H,2-6,9,11H2,1H3,(H,19,20)(H2,16,18,21). The minimum Gasteiger partial charge on any atom is -0.481 e. The van der Waals surface area contributed by atoms with Crippen molar-refractivity contribution in [2.24, 2.45) is 0 Å². The third kappa shape index (κ3) is 8.62. The van der Waals surface area contributed by atoms with E-state index in [1.54, 1.807) is 6.20 Å². The number of rotatable bonds is 9. The Morgan fingerprint density at radius 3 is 2.57 bits per heavy atom. The smallest absolute Gasteiger partial charge is 0.315 e. The molecule has 6 heteroatoms. The SMILES string of the molecule is Cc1ccc(CNC(=O)NCCCCCCC(=O)O)cn1. The lowest BCUT2D eigenvalue weighted by atomic mass is 10.1. The second kappa shape index (κ2) is 9.74. The molecule has 0 aliphatic rings. The average Bonchev–Trinajstić information content (AvgIpc) is 2.45. The summed E-state index contributed by atoms with van der Waals surface area (Å²) in [5.74, 6) is -0.752. The number of amides is 2. The van der Waals surface area contributed by atoms with E-state index in [0.29, 0.717) is 19.5 Å². The molecule has 0 bridgehead atoms. The van der Waals surface area contributed by atoms with Gasteiger partial charge in [0.1, 0.15) is 0 Å². The zero-order valence-corrected chi connectivity index (χ0v) is 12.4. The van der Waals surface area contributed by atoms with E-state index in [9.17, 15) is 9.59 Å². The van der Waals surface area contributed by atoms with Gasteiger partial charge in [-0.05, 0) is 31.4 Å². The van der Waals surface area contributed by atoms with Gasteiger partial charge in [-0.15, -0.1) is 0 Å². The predicted octanol–water partition coefficient (Wildman–Crippen LogP) is 2.22. The van der Waals surface area contributed by atoms with Crippen molar-refractivity contribution < 1.29 is 14.7 Å². The molecule has 0 aromatic carbocycles. The first-order chi connectivity index (χ1) is 10.1. The van der Waals surface area contributed by atoms with E-state index in [0.717, 1.165) is 30.5 Å². The highest BCUT2D eigenvalue weighted by atomic mass is 16.4. The van der Waals surface area contributed by atoms with Crippen molar-refractivity contribution in [3.05, 3.63) is 29.6 Å². The number of nitrogens with one attached hydrogen (secondary N) is 2. The monoisotopic (exact) mass is 293 g/mol. The van der Waals surface area contributed by atoms with Gasteiger partial charge in [0.2, 0.25) is 0 Å². The van der Waals surface area contributed by atoms with Crippen molar-refractivity contribution in [1.29, 1.82) is 0 Å². The van der Waals surface area contributed by atoms with Gasteiger partial charge in [0, 0.05) is 31.4 Å². The molecule has 0 saturated carbocycles. The lowest BCUT2D eigenvalue weighted by Crippen LogP contribution is -2.35. The Kier molecular flexibility index (Phi) is 7.86. The Balaban J connectivity index is 2.01. The minimum atomic E-state index is -0.752. The molecule has 3 N–H and O–H groups in total. The van der Waals surface area contributed by atoms with E-state index in [4.69, 9.17) is 5.11 Å². The number of hydrogen-bond donors (Lipinski definition) is 3. The van der Waals surface area contributed by atoms with E-state index in [1.807, 2.05) is 19.1 Å². The molecule has 0 aliphatic carbocycles. The number of carboxylic acid groups (broad SMARTS) is 1. The second-order valence-electron chi connectivity index (χ2n) is 4.98. The third-order valence-corrected chi connectivity index (χ3v) is 3.03. The van der Waals surface area contributed by atoms with Crippen LogP contribution in [0.3, 0.4) is 0 Å². The highest BCUT2D eigenvalue weighted by Crippen LogP contribution is 2.02. The Hall–Kier alpha value is -2.11. The zero-order valence-electron chi connectivity index (χ0n) is 12.4. The van der Waals surface area contributed by atoms with Crippen LogP contribution in [0.4, 0.5) is 4.79 Å². The number of aromatic nitrogens is 1. The molecule has 0 fully saturated rings. The fourth-order valence-electron chi connectivity index (χ4n) is 1.80.